The van der Waals surface area contributed by atoms with Gasteiger partial charge in [0, 0.05) is 12.6 Å². The maximum Gasteiger partial charge on any atom is 0.318 e. The van der Waals surface area contributed by atoms with Crippen LogP contribution in [0.3, 0.4) is 0 Å². The Morgan fingerprint density at radius 3 is 2.79 bits per heavy atom. The number of rotatable bonds is 2. The standard InChI is InChI=1S/C9H14ClN3O/c1-6-3-7(2)13(5-6)9-12-11-8(4-10)14-9/h6-7H,3-5H2,1-2H3. The van der Waals surface area contributed by atoms with Crippen LogP contribution >= 0.6 is 11.6 Å². The lowest BCUT2D eigenvalue weighted by Crippen LogP contribution is -2.26. The highest BCUT2D eigenvalue weighted by Gasteiger charge is 2.29. The zero-order valence-corrected chi connectivity index (χ0v) is 9.16. The molecule has 1 saturated heterocycles. The van der Waals surface area contributed by atoms with E-state index in [-0.39, 0.29) is 5.88 Å². The summed E-state index contributed by atoms with van der Waals surface area (Å²) in [6.45, 7) is 5.40. The largest absolute Gasteiger partial charge is 0.407 e. The molecule has 1 aromatic heterocycles. The lowest BCUT2D eigenvalue weighted by molar-refractivity contribution is 0.496. The highest BCUT2D eigenvalue weighted by molar-refractivity contribution is 6.16. The van der Waals surface area contributed by atoms with Gasteiger partial charge in [0.15, 0.2) is 0 Å². The van der Waals surface area contributed by atoms with Crippen molar-refractivity contribution in [3.8, 4) is 0 Å². The molecule has 1 fully saturated rings. The van der Waals surface area contributed by atoms with Gasteiger partial charge in [0.25, 0.3) is 0 Å². The van der Waals surface area contributed by atoms with Crippen LogP contribution in [-0.4, -0.2) is 22.8 Å². The Labute approximate surface area is 88.2 Å². The first kappa shape index (κ1) is 9.77. The van der Waals surface area contributed by atoms with Gasteiger partial charge >= 0.3 is 6.01 Å². The Morgan fingerprint density at radius 2 is 2.29 bits per heavy atom. The zero-order valence-electron chi connectivity index (χ0n) is 8.40. The molecule has 0 aromatic carbocycles. The van der Waals surface area contributed by atoms with Crippen molar-refractivity contribution in [2.75, 3.05) is 11.4 Å². The van der Waals surface area contributed by atoms with Crippen LogP contribution in [0.5, 0.6) is 0 Å². The predicted octanol–water partition coefficient (Wildman–Crippen LogP) is 2.04. The molecule has 0 amide bonds. The Kier molecular flexibility index (Phi) is 2.63. The minimum Gasteiger partial charge on any atom is -0.407 e. The van der Waals surface area contributed by atoms with Crippen LogP contribution < -0.4 is 4.90 Å². The van der Waals surface area contributed by atoms with Crippen molar-refractivity contribution in [1.29, 1.82) is 0 Å². The molecule has 1 aliphatic rings. The Balaban J connectivity index is 2.14. The van der Waals surface area contributed by atoms with E-state index in [1.807, 2.05) is 0 Å². The number of halogens is 1. The molecular weight excluding hydrogens is 202 g/mol. The molecule has 14 heavy (non-hydrogen) atoms. The summed E-state index contributed by atoms with van der Waals surface area (Å²) in [5.41, 5.74) is 0. The second-order valence-corrected chi connectivity index (χ2v) is 4.22. The average molecular weight is 216 g/mol. The number of aromatic nitrogens is 2. The summed E-state index contributed by atoms with van der Waals surface area (Å²) in [4.78, 5) is 2.15. The molecule has 0 aliphatic carbocycles. The van der Waals surface area contributed by atoms with Crippen LogP contribution in [0.2, 0.25) is 0 Å². The van der Waals surface area contributed by atoms with Gasteiger partial charge < -0.3 is 9.32 Å². The van der Waals surface area contributed by atoms with E-state index in [0.29, 0.717) is 23.9 Å². The van der Waals surface area contributed by atoms with Gasteiger partial charge in [-0.2, -0.15) is 0 Å². The van der Waals surface area contributed by atoms with Gasteiger partial charge in [-0.05, 0) is 19.3 Å². The lowest BCUT2D eigenvalue weighted by atomic mass is 10.1. The van der Waals surface area contributed by atoms with E-state index in [2.05, 4.69) is 28.9 Å². The van der Waals surface area contributed by atoms with Crippen molar-refractivity contribution >= 4 is 17.6 Å². The minimum atomic E-state index is 0.283. The van der Waals surface area contributed by atoms with Crippen LogP contribution in [-0.2, 0) is 5.88 Å². The first-order valence-corrected chi connectivity index (χ1v) is 5.39. The fraction of sp³-hybridized carbons (Fsp3) is 0.778. The smallest absolute Gasteiger partial charge is 0.318 e. The molecule has 78 valence electrons. The molecule has 0 spiro atoms. The number of nitrogens with zero attached hydrogens (tertiary/aromatic N) is 3. The van der Waals surface area contributed by atoms with Gasteiger partial charge in [-0.15, -0.1) is 16.7 Å². The van der Waals surface area contributed by atoms with Crippen LogP contribution in [0.25, 0.3) is 0 Å². The van der Waals surface area contributed by atoms with Crippen molar-refractivity contribution in [2.24, 2.45) is 5.92 Å². The summed E-state index contributed by atoms with van der Waals surface area (Å²) >= 11 is 5.60. The summed E-state index contributed by atoms with van der Waals surface area (Å²) in [5, 5.41) is 7.83. The fourth-order valence-corrected chi connectivity index (χ4v) is 2.09. The quantitative estimate of drug-likeness (QED) is 0.709. The second-order valence-electron chi connectivity index (χ2n) is 3.95. The normalized spacial score (nSPS) is 27.2. The van der Waals surface area contributed by atoms with E-state index in [0.717, 1.165) is 6.54 Å². The number of hydrogen-bond acceptors (Lipinski definition) is 4. The van der Waals surface area contributed by atoms with E-state index in [1.165, 1.54) is 6.42 Å². The first-order valence-electron chi connectivity index (χ1n) is 4.85. The van der Waals surface area contributed by atoms with Crippen molar-refractivity contribution in [3.05, 3.63) is 5.89 Å². The van der Waals surface area contributed by atoms with Crippen molar-refractivity contribution in [2.45, 2.75) is 32.2 Å². The van der Waals surface area contributed by atoms with E-state index >= 15 is 0 Å². The van der Waals surface area contributed by atoms with Crippen LogP contribution in [0.15, 0.2) is 4.42 Å². The molecular formula is C9H14ClN3O. The third-order valence-electron chi connectivity index (χ3n) is 2.60. The van der Waals surface area contributed by atoms with Gasteiger partial charge in [0.1, 0.15) is 5.88 Å². The highest BCUT2D eigenvalue weighted by atomic mass is 35.5. The van der Waals surface area contributed by atoms with Crippen molar-refractivity contribution in [3.63, 3.8) is 0 Å². The number of hydrogen-bond donors (Lipinski definition) is 0. The number of alkyl halides is 1. The first-order chi connectivity index (χ1) is 6.70. The Hall–Kier alpha value is -0.770. The monoisotopic (exact) mass is 215 g/mol. The summed E-state index contributed by atoms with van der Waals surface area (Å²) < 4.78 is 5.41. The summed E-state index contributed by atoms with van der Waals surface area (Å²) in [6, 6.07) is 1.09. The molecule has 1 aromatic rings. The van der Waals surface area contributed by atoms with E-state index in [1.54, 1.807) is 0 Å². The van der Waals surface area contributed by atoms with Crippen LogP contribution in [0.1, 0.15) is 26.2 Å². The molecule has 1 aliphatic heterocycles. The van der Waals surface area contributed by atoms with Crippen LogP contribution in [0.4, 0.5) is 6.01 Å². The van der Waals surface area contributed by atoms with Gasteiger partial charge in [-0.3, -0.25) is 0 Å². The maximum atomic E-state index is 5.60. The second kappa shape index (κ2) is 3.77. The van der Waals surface area contributed by atoms with E-state index in [9.17, 15) is 0 Å². The van der Waals surface area contributed by atoms with Crippen LogP contribution in [0, 0.1) is 5.92 Å². The van der Waals surface area contributed by atoms with Crippen molar-refractivity contribution < 1.29 is 4.42 Å². The molecule has 5 heteroatoms. The highest BCUT2D eigenvalue weighted by Crippen LogP contribution is 2.27. The minimum absolute atomic E-state index is 0.283. The molecule has 0 N–H and O–H groups in total. The molecule has 2 heterocycles. The number of anilines is 1. The van der Waals surface area contributed by atoms with Gasteiger partial charge in [0.05, 0.1) is 0 Å². The average Bonchev–Trinajstić information content (AvgIpc) is 2.71. The topological polar surface area (TPSA) is 42.2 Å². The zero-order chi connectivity index (χ0) is 10.1. The van der Waals surface area contributed by atoms with Crippen molar-refractivity contribution in [1.82, 2.24) is 10.2 Å². The molecule has 0 saturated carbocycles. The SMILES string of the molecule is CC1CC(C)N(c2nnc(CCl)o2)C1. The molecule has 4 nitrogen and oxygen atoms in total. The maximum absolute atomic E-state index is 5.60. The van der Waals surface area contributed by atoms with E-state index in [4.69, 9.17) is 16.0 Å². The molecule has 2 atom stereocenters. The third kappa shape index (κ3) is 1.71. The molecule has 2 rings (SSSR count). The summed E-state index contributed by atoms with van der Waals surface area (Å²) in [6.07, 6.45) is 1.18. The van der Waals surface area contributed by atoms with Gasteiger partial charge in [-0.1, -0.05) is 12.0 Å². The lowest BCUT2D eigenvalue weighted by Gasteiger charge is -2.17. The third-order valence-corrected chi connectivity index (χ3v) is 2.83. The summed E-state index contributed by atoms with van der Waals surface area (Å²) in [7, 11) is 0. The molecule has 0 radical (unpaired) electrons. The molecule has 0 bridgehead atoms. The fourth-order valence-electron chi connectivity index (χ4n) is 1.98. The Bertz CT molecular complexity index is 315. The van der Waals surface area contributed by atoms with Gasteiger partial charge in [0.2, 0.25) is 5.89 Å². The predicted molar refractivity (Wildman–Crippen MR) is 54.4 cm³/mol. The molecule has 2 unspecified atom stereocenters. The Morgan fingerprint density at radius 1 is 1.50 bits per heavy atom. The summed E-state index contributed by atoms with van der Waals surface area (Å²) in [5.74, 6) is 1.47. The van der Waals surface area contributed by atoms with Gasteiger partial charge in [-0.25, -0.2) is 0 Å². The van der Waals surface area contributed by atoms with E-state index < -0.39 is 0 Å².